The Morgan fingerprint density at radius 3 is 2.63 bits per heavy atom. The predicted molar refractivity (Wildman–Crippen MR) is 74.4 cm³/mol. The quantitative estimate of drug-likeness (QED) is 0.905. The van der Waals surface area contributed by atoms with Crippen LogP contribution >= 0.6 is 0 Å². The molecule has 5 nitrogen and oxygen atoms in total. The Morgan fingerprint density at radius 2 is 2.05 bits per heavy atom. The van der Waals surface area contributed by atoms with Crippen molar-refractivity contribution >= 4 is 0 Å². The van der Waals surface area contributed by atoms with Gasteiger partial charge in [-0.2, -0.15) is 4.98 Å². The van der Waals surface area contributed by atoms with E-state index in [1.807, 2.05) is 13.8 Å². The third kappa shape index (κ3) is 3.54. The van der Waals surface area contributed by atoms with Gasteiger partial charge in [0.2, 0.25) is 5.89 Å². The van der Waals surface area contributed by atoms with Gasteiger partial charge in [-0.25, -0.2) is 0 Å². The maximum absolute atomic E-state index is 5.97. The highest BCUT2D eigenvalue weighted by molar-refractivity contribution is 4.99. The molecule has 5 heteroatoms. The fraction of sp³-hybridized carbons (Fsp3) is 0.857. The van der Waals surface area contributed by atoms with E-state index in [9.17, 15) is 0 Å². The van der Waals surface area contributed by atoms with Crippen molar-refractivity contribution < 1.29 is 4.52 Å². The monoisotopic (exact) mass is 266 g/mol. The standard InChI is InChI=1S/C14H26N4O/c1-10-7-5-6-8-11(10)18(4)9-12-16-13(17-19-12)14(2,3)15/h10-11H,5-9,15H2,1-4H3. The molecule has 0 aromatic carbocycles. The molecule has 2 atom stereocenters. The topological polar surface area (TPSA) is 68.2 Å². The Morgan fingerprint density at radius 1 is 1.37 bits per heavy atom. The van der Waals surface area contributed by atoms with Crippen LogP contribution in [-0.2, 0) is 12.1 Å². The lowest BCUT2D eigenvalue weighted by molar-refractivity contribution is 0.120. The van der Waals surface area contributed by atoms with Gasteiger partial charge in [0.15, 0.2) is 5.82 Å². The molecule has 19 heavy (non-hydrogen) atoms. The summed E-state index contributed by atoms with van der Waals surface area (Å²) in [4.78, 5) is 6.73. The molecule has 1 aromatic rings. The summed E-state index contributed by atoms with van der Waals surface area (Å²) in [5.74, 6) is 1.98. The Hall–Kier alpha value is -0.940. The van der Waals surface area contributed by atoms with Gasteiger partial charge in [0, 0.05) is 6.04 Å². The molecule has 0 bridgehead atoms. The molecule has 0 saturated heterocycles. The zero-order valence-corrected chi connectivity index (χ0v) is 12.5. The maximum atomic E-state index is 5.97. The Kier molecular flexibility index (Phi) is 4.26. The second-order valence-corrected chi connectivity index (χ2v) is 6.48. The molecule has 0 aliphatic heterocycles. The second-order valence-electron chi connectivity index (χ2n) is 6.48. The zero-order valence-electron chi connectivity index (χ0n) is 12.5. The van der Waals surface area contributed by atoms with Gasteiger partial charge >= 0.3 is 0 Å². The molecular formula is C14H26N4O. The fourth-order valence-corrected chi connectivity index (χ4v) is 2.86. The molecule has 0 spiro atoms. The smallest absolute Gasteiger partial charge is 0.240 e. The van der Waals surface area contributed by atoms with Gasteiger partial charge in [-0.05, 0) is 39.7 Å². The first-order chi connectivity index (χ1) is 8.88. The van der Waals surface area contributed by atoms with E-state index in [0.29, 0.717) is 24.3 Å². The molecule has 0 amide bonds. The number of hydrogen-bond acceptors (Lipinski definition) is 5. The Labute approximate surface area is 115 Å². The first kappa shape index (κ1) is 14.5. The van der Waals surface area contributed by atoms with Crippen LogP contribution in [0.3, 0.4) is 0 Å². The van der Waals surface area contributed by atoms with Crippen LogP contribution < -0.4 is 5.73 Å². The molecule has 2 unspecified atom stereocenters. The molecule has 1 aliphatic carbocycles. The minimum absolute atomic E-state index is 0.543. The van der Waals surface area contributed by atoms with E-state index in [4.69, 9.17) is 10.3 Å². The summed E-state index contributed by atoms with van der Waals surface area (Å²) < 4.78 is 5.31. The average molecular weight is 266 g/mol. The number of nitrogens with two attached hydrogens (primary N) is 1. The summed E-state index contributed by atoms with van der Waals surface area (Å²) in [5, 5.41) is 3.97. The normalized spacial score (nSPS) is 24.9. The second kappa shape index (κ2) is 5.59. The van der Waals surface area contributed by atoms with Crippen molar-refractivity contribution in [2.75, 3.05) is 7.05 Å². The highest BCUT2D eigenvalue weighted by Crippen LogP contribution is 2.28. The lowest BCUT2D eigenvalue weighted by Crippen LogP contribution is -2.38. The zero-order chi connectivity index (χ0) is 14.0. The van der Waals surface area contributed by atoms with Crippen molar-refractivity contribution in [1.29, 1.82) is 0 Å². The maximum Gasteiger partial charge on any atom is 0.240 e. The minimum Gasteiger partial charge on any atom is -0.338 e. The molecule has 1 saturated carbocycles. The van der Waals surface area contributed by atoms with E-state index < -0.39 is 5.54 Å². The van der Waals surface area contributed by atoms with Crippen LogP contribution in [0, 0.1) is 5.92 Å². The van der Waals surface area contributed by atoms with Crippen LogP contribution in [0.4, 0.5) is 0 Å². The largest absolute Gasteiger partial charge is 0.338 e. The predicted octanol–water partition coefficient (Wildman–Crippen LogP) is 2.27. The van der Waals surface area contributed by atoms with Gasteiger partial charge in [-0.1, -0.05) is 24.9 Å². The van der Waals surface area contributed by atoms with Crippen LogP contribution in [0.5, 0.6) is 0 Å². The van der Waals surface area contributed by atoms with Crippen LogP contribution in [0.2, 0.25) is 0 Å². The third-order valence-corrected chi connectivity index (χ3v) is 4.06. The molecule has 2 rings (SSSR count). The van der Waals surface area contributed by atoms with Gasteiger partial charge in [-0.15, -0.1) is 0 Å². The molecule has 1 aliphatic rings. The molecule has 0 radical (unpaired) electrons. The van der Waals surface area contributed by atoms with Crippen LogP contribution in [-0.4, -0.2) is 28.1 Å². The molecule has 2 N–H and O–H groups in total. The molecule has 1 aromatic heterocycles. The van der Waals surface area contributed by atoms with Gasteiger partial charge in [0.05, 0.1) is 12.1 Å². The lowest BCUT2D eigenvalue weighted by atomic mass is 9.85. The summed E-state index contributed by atoms with van der Waals surface area (Å²) in [6.07, 6.45) is 5.27. The van der Waals surface area contributed by atoms with Gasteiger partial charge in [0.1, 0.15) is 0 Å². The van der Waals surface area contributed by atoms with Crippen molar-refractivity contribution in [2.24, 2.45) is 11.7 Å². The Bertz CT molecular complexity index is 410. The first-order valence-corrected chi connectivity index (χ1v) is 7.20. The van der Waals surface area contributed by atoms with E-state index in [2.05, 4.69) is 29.0 Å². The van der Waals surface area contributed by atoms with E-state index in [-0.39, 0.29) is 0 Å². The van der Waals surface area contributed by atoms with Gasteiger partial charge in [0.25, 0.3) is 0 Å². The van der Waals surface area contributed by atoms with Crippen molar-refractivity contribution in [1.82, 2.24) is 15.0 Å². The van der Waals surface area contributed by atoms with E-state index in [1.165, 1.54) is 25.7 Å². The van der Waals surface area contributed by atoms with Gasteiger partial charge in [-0.3, -0.25) is 4.90 Å². The molecule has 108 valence electrons. The summed E-state index contributed by atoms with van der Waals surface area (Å²) >= 11 is 0. The molecule has 1 heterocycles. The summed E-state index contributed by atoms with van der Waals surface area (Å²) in [5.41, 5.74) is 5.42. The van der Waals surface area contributed by atoms with Crippen LogP contribution in [0.25, 0.3) is 0 Å². The van der Waals surface area contributed by atoms with E-state index in [0.717, 1.165) is 5.92 Å². The van der Waals surface area contributed by atoms with E-state index in [1.54, 1.807) is 0 Å². The minimum atomic E-state index is -0.543. The average Bonchev–Trinajstić information content (AvgIpc) is 2.77. The summed E-state index contributed by atoms with van der Waals surface area (Å²) in [6.45, 7) is 6.81. The first-order valence-electron chi connectivity index (χ1n) is 7.20. The molecular weight excluding hydrogens is 240 g/mol. The number of hydrogen-bond donors (Lipinski definition) is 1. The molecule has 1 fully saturated rings. The van der Waals surface area contributed by atoms with Gasteiger partial charge < -0.3 is 10.3 Å². The van der Waals surface area contributed by atoms with Crippen molar-refractivity contribution in [2.45, 2.75) is 64.6 Å². The highest BCUT2D eigenvalue weighted by atomic mass is 16.5. The Balaban J connectivity index is 1.98. The SMILES string of the molecule is CC1CCCCC1N(C)Cc1nc(C(C)(C)N)no1. The van der Waals surface area contributed by atoms with Crippen molar-refractivity contribution in [3.05, 3.63) is 11.7 Å². The number of nitrogens with zero attached hydrogens (tertiary/aromatic N) is 3. The lowest BCUT2D eigenvalue weighted by Gasteiger charge is -2.35. The summed E-state index contributed by atoms with van der Waals surface area (Å²) in [6, 6.07) is 0.620. The fourth-order valence-electron chi connectivity index (χ4n) is 2.86. The van der Waals surface area contributed by atoms with Crippen molar-refractivity contribution in [3.8, 4) is 0 Å². The van der Waals surface area contributed by atoms with Crippen molar-refractivity contribution in [3.63, 3.8) is 0 Å². The van der Waals surface area contributed by atoms with Crippen LogP contribution in [0.1, 0.15) is 58.2 Å². The number of rotatable bonds is 4. The number of aromatic nitrogens is 2. The van der Waals surface area contributed by atoms with E-state index >= 15 is 0 Å². The third-order valence-electron chi connectivity index (χ3n) is 4.06. The van der Waals surface area contributed by atoms with Crippen LogP contribution in [0.15, 0.2) is 4.52 Å². The highest BCUT2D eigenvalue weighted by Gasteiger charge is 2.27. The summed E-state index contributed by atoms with van der Waals surface area (Å²) in [7, 11) is 2.14.